The number of rotatable bonds is 2. The van der Waals surface area contributed by atoms with Crippen LogP contribution in [0.25, 0.3) is 0 Å². The van der Waals surface area contributed by atoms with Crippen molar-refractivity contribution in [3.8, 4) is 0 Å². The quantitative estimate of drug-likeness (QED) is 0.868. The van der Waals surface area contributed by atoms with Gasteiger partial charge in [0, 0.05) is 29.8 Å². The van der Waals surface area contributed by atoms with Gasteiger partial charge >= 0.3 is 6.09 Å². The third kappa shape index (κ3) is 5.41. The summed E-state index contributed by atoms with van der Waals surface area (Å²) in [4.78, 5) is 14.0. The maximum absolute atomic E-state index is 12.1. The van der Waals surface area contributed by atoms with Crippen LogP contribution >= 0.6 is 11.6 Å². The number of carbonyl (C=O) groups excluding carboxylic acids is 1. The van der Waals surface area contributed by atoms with Crippen LogP contribution in [-0.2, 0) is 4.74 Å². The summed E-state index contributed by atoms with van der Waals surface area (Å²) in [6, 6.07) is 8.10. The highest BCUT2D eigenvalue weighted by Gasteiger charge is 2.25. The van der Waals surface area contributed by atoms with Crippen molar-refractivity contribution in [3.05, 3.63) is 29.3 Å². The number of hydrogen-bond acceptors (Lipinski definition) is 3. The first-order valence-corrected chi connectivity index (χ1v) is 8.21. The topological polar surface area (TPSA) is 41.6 Å². The van der Waals surface area contributed by atoms with Crippen molar-refractivity contribution >= 4 is 23.4 Å². The van der Waals surface area contributed by atoms with Crippen LogP contribution in [-0.4, -0.2) is 35.7 Å². The van der Waals surface area contributed by atoms with Crippen LogP contribution in [0.3, 0.4) is 0 Å². The summed E-state index contributed by atoms with van der Waals surface area (Å²) in [6.45, 7) is 7.17. The van der Waals surface area contributed by atoms with Gasteiger partial charge in [0.2, 0.25) is 0 Å². The van der Waals surface area contributed by atoms with Crippen molar-refractivity contribution < 1.29 is 9.53 Å². The molecule has 0 aromatic heterocycles. The Labute approximate surface area is 137 Å². The molecule has 1 atom stereocenters. The van der Waals surface area contributed by atoms with Gasteiger partial charge in [0.15, 0.2) is 0 Å². The second-order valence-electron chi connectivity index (χ2n) is 6.75. The molecular weight excluding hydrogens is 300 g/mol. The molecule has 2 rings (SSSR count). The van der Waals surface area contributed by atoms with Crippen LogP contribution in [0.2, 0.25) is 5.02 Å². The second kappa shape index (κ2) is 7.23. The average Bonchev–Trinajstić information content (AvgIpc) is 2.65. The van der Waals surface area contributed by atoms with E-state index in [4.69, 9.17) is 16.3 Å². The lowest BCUT2D eigenvalue weighted by atomic mass is 10.1. The molecule has 1 fully saturated rings. The second-order valence-corrected chi connectivity index (χ2v) is 7.18. The van der Waals surface area contributed by atoms with E-state index in [-0.39, 0.29) is 6.09 Å². The summed E-state index contributed by atoms with van der Waals surface area (Å²) in [7, 11) is 0. The molecule has 1 amide bonds. The van der Waals surface area contributed by atoms with Crippen LogP contribution in [0.5, 0.6) is 0 Å². The van der Waals surface area contributed by atoms with Gasteiger partial charge < -0.3 is 15.0 Å². The zero-order valence-corrected chi connectivity index (χ0v) is 14.3. The maximum Gasteiger partial charge on any atom is 0.410 e. The summed E-state index contributed by atoms with van der Waals surface area (Å²) in [5.74, 6) is 0. The van der Waals surface area contributed by atoms with E-state index in [1.165, 1.54) is 0 Å². The zero-order chi connectivity index (χ0) is 16.2. The first-order valence-electron chi connectivity index (χ1n) is 7.83. The monoisotopic (exact) mass is 324 g/mol. The molecule has 1 saturated heterocycles. The third-order valence-electron chi connectivity index (χ3n) is 3.59. The molecule has 0 aliphatic carbocycles. The molecule has 1 aromatic rings. The summed E-state index contributed by atoms with van der Waals surface area (Å²) in [5, 5.41) is 4.26. The fraction of sp³-hybridized carbons (Fsp3) is 0.588. The Bertz CT molecular complexity index is 496. The highest BCUT2D eigenvalue weighted by molar-refractivity contribution is 6.30. The molecule has 1 N–H and O–H groups in total. The molecule has 1 heterocycles. The number of ether oxygens (including phenoxy) is 1. The summed E-state index contributed by atoms with van der Waals surface area (Å²) < 4.78 is 5.45. The Morgan fingerprint density at radius 1 is 1.23 bits per heavy atom. The van der Waals surface area contributed by atoms with Crippen LogP contribution in [0.4, 0.5) is 10.5 Å². The normalized spacial score (nSPS) is 19.5. The smallest absolute Gasteiger partial charge is 0.410 e. The Hall–Kier alpha value is -1.42. The van der Waals surface area contributed by atoms with E-state index in [0.717, 1.165) is 43.1 Å². The largest absolute Gasteiger partial charge is 0.444 e. The van der Waals surface area contributed by atoms with Gasteiger partial charge in [-0.05, 0) is 64.3 Å². The van der Waals surface area contributed by atoms with Gasteiger partial charge in [0.1, 0.15) is 5.60 Å². The van der Waals surface area contributed by atoms with Crippen molar-refractivity contribution in [1.29, 1.82) is 0 Å². The number of halogens is 1. The minimum atomic E-state index is -0.440. The highest BCUT2D eigenvalue weighted by atomic mass is 35.5. The fourth-order valence-corrected chi connectivity index (χ4v) is 2.66. The van der Waals surface area contributed by atoms with Crippen molar-refractivity contribution in [2.24, 2.45) is 0 Å². The Kier molecular flexibility index (Phi) is 5.57. The van der Waals surface area contributed by atoms with Gasteiger partial charge in [-0.2, -0.15) is 0 Å². The molecule has 122 valence electrons. The van der Waals surface area contributed by atoms with Crippen molar-refractivity contribution in [2.75, 3.05) is 18.4 Å². The minimum absolute atomic E-state index is 0.209. The van der Waals surface area contributed by atoms with Gasteiger partial charge in [-0.15, -0.1) is 0 Å². The van der Waals surface area contributed by atoms with E-state index in [0.29, 0.717) is 6.04 Å². The predicted octanol–water partition coefficient (Wildman–Crippen LogP) is 4.54. The number of amides is 1. The molecule has 4 nitrogen and oxygen atoms in total. The summed E-state index contributed by atoms with van der Waals surface area (Å²) in [5.41, 5.74) is 0.629. The van der Waals surface area contributed by atoms with E-state index in [2.05, 4.69) is 5.32 Å². The Morgan fingerprint density at radius 2 is 1.91 bits per heavy atom. The van der Waals surface area contributed by atoms with Gasteiger partial charge in [-0.3, -0.25) is 0 Å². The lowest BCUT2D eigenvalue weighted by molar-refractivity contribution is 0.0256. The first-order chi connectivity index (χ1) is 10.3. The van der Waals surface area contributed by atoms with E-state index in [1.807, 2.05) is 49.9 Å². The lowest BCUT2D eigenvalue weighted by Crippen LogP contribution is -2.37. The van der Waals surface area contributed by atoms with E-state index in [9.17, 15) is 4.79 Å². The van der Waals surface area contributed by atoms with Crippen molar-refractivity contribution in [2.45, 2.75) is 51.7 Å². The van der Waals surface area contributed by atoms with Gasteiger partial charge in [-0.25, -0.2) is 4.79 Å². The average molecular weight is 325 g/mol. The number of likely N-dealkylation sites (tertiary alicyclic amines) is 1. The molecule has 1 aliphatic heterocycles. The molecule has 1 aromatic carbocycles. The molecule has 5 heteroatoms. The molecule has 22 heavy (non-hydrogen) atoms. The number of nitrogens with zero attached hydrogens (tertiary/aromatic N) is 1. The molecular formula is C17H25ClN2O2. The van der Waals surface area contributed by atoms with Crippen LogP contribution in [0.1, 0.15) is 40.0 Å². The molecule has 1 unspecified atom stereocenters. The van der Waals surface area contributed by atoms with E-state index in [1.54, 1.807) is 0 Å². The molecule has 1 aliphatic rings. The van der Waals surface area contributed by atoms with Gasteiger partial charge in [0.05, 0.1) is 0 Å². The first kappa shape index (κ1) is 16.9. The predicted molar refractivity (Wildman–Crippen MR) is 90.5 cm³/mol. The van der Waals surface area contributed by atoms with Crippen LogP contribution in [0, 0.1) is 0 Å². The van der Waals surface area contributed by atoms with Gasteiger partial charge in [-0.1, -0.05) is 11.6 Å². The summed E-state index contributed by atoms with van der Waals surface area (Å²) in [6.07, 6.45) is 2.73. The van der Waals surface area contributed by atoms with Crippen LogP contribution < -0.4 is 5.32 Å². The standard InChI is InChI=1S/C17H25ClN2O2/c1-17(2,3)22-16(21)20-11-4-5-14(10-12-20)19-15-8-6-13(18)7-9-15/h6-9,14,19H,4-5,10-12H2,1-3H3. The number of carbonyl (C=O) groups is 1. The Morgan fingerprint density at radius 3 is 2.55 bits per heavy atom. The van der Waals surface area contributed by atoms with E-state index >= 15 is 0 Å². The molecule has 0 spiro atoms. The maximum atomic E-state index is 12.1. The highest BCUT2D eigenvalue weighted by Crippen LogP contribution is 2.20. The van der Waals surface area contributed by atoms with Crippen molar-refractivity contribution in [3.63, 3.8) is 0 Å². The summed E-state index contributed by atoms with van der Waals surface area (Å²) >= 11 is 5.90. The zero-order valence-electron chi connectivity index (χ0n) is 13.6. The third-order valence-corrected chi connectivity index (χ3v) is 3.85. The van der Waals surface area contributed by atoms with E-state index < -0.39 is 5.60 Å². The number of anilines is 1. The molecule has 0 radical (unpaired) electrons. The lowest BCUT2D eigenvalue weighted by Gasteiger charge is -2.26. The number of nitrogens with one attached hydrogen (secondary N) is 1. The van der Waals surface area contributed by atoms with Crippen LogP contribution in [0.15, 0.2) is 24.3 Å². The van der Waals surface area contributed by atoms with Crippen molar-refractivity contribution in [1.82, 2.24) is 4.90 Å². The molecule has 0 bridgehead atoms. The number of hydrogen-bond donors (Lipinski definition) is 1. The minimum Gasteiger partial charge on any atom is -0.444 e. The Balaban J connectivity index is 1.87. The number of benzene rings is 1. The fourth-order valence-electron chi connectivity index (χ4n) is 2.53. The molecule has 0 saturated carbocycles. The SMILES string of the molecule is CC(C)(C)OC(=O)N1CCCC(Nc2ccc(Cl)cc2)CC1. The van der Waals surface area contributed by atoms with Gasteiger partial charge in [0.25, 0.3) is 0 Å².